The van der Waals surface area contributed by atoms with Crippen molar-refractivity contribution in [2.75, 3.05) is 26.2 Å². The van der Waals surface area contributed by atoms with Crippen LogP contribution in [0, 0.1) is 0 Å². The van der Waals surface area contributed by atoms with E-state index in [0.29, 0.717) is 6.04 Å². The van der Waals surface area contributed by atoms with Crippen LogP contribution in [0.1, 0.15) is 35.0 Å². The second kappa shape index (κ2) is 16.9. The number of hydrogen-bond donors (Lipinski definition) is 3. The van der Waals surface area contributed by atoms with E-state index in [9.17, 15) is 0 Å². The number of halogens is 1. The third-order valence-electron chi connectivity index (χ3n) is 6.92. The van der Waals surface area contributed by atoms with Gasteiger partial charge in [0.05, 0.1) is 11.4 Å². The molecule has 0 saturated carbocycles. The molecule has 1 unspecified atom stereocenters. The molecule has 0 radical (unpaired) electrons. The maximum absolute atomic E-state index is 6.10. The number of nitrogens with one attached hydrogen (secondary N) is 3. The van der Waals surface area contributed by atoms with Crippen molar-refractivity contribution in [3.05, 3.63) is 130 Å². The standard InChI is InChI=1S/C33H41ClN6/c1-27(22-37-25-33-10-3-5-17-39-33)40(20-19-36-24-32-9-2-4-16-38-32)26-30-13-11-29(12-14-30)23-35-18-15-28-7-6-8-31(34)21-28/h2-14,16-17,21,27,35-37H,15,18-20,22-26H2,1H3. The van der Waals surface area contributed by atoms with E-state index in [1.807, 2.05) is 54.9 Å². The van der Waals surface area contributed by atoms with Gasteiger partial charge in [-0.3, -0.25) is 14.9 Å². The van der Waals surface area contributed by atoms with Crippen molar-refractivity contribution < 1.29 is 0 Å². The van der Waals surface area contributed by atoms with Gasteiger partial charge in [-0.1, -0.05) is 60.1 Å². The van der Waals surface area contributed by atoms with E-state index in [4.69, 9.17) is 11.6 Å². The summed E-state index contributed by atoms with van der Waals surface area (Å²) in [4.78, 5) is 11.4. The predicted molar refractivity (Wildman–Crippen MR) is 165 cm³/mol. The van der Waals surface area contributed by atoms with Crippen LogP contribution in [-0.4, -0.2) is 47.1 Å². The molecule has 0 aliphatic rings. The Labute approximate surface area is 244 Å². The van der Waals surface area contributed by atoms with Crippen molar-refractivity contribution in [2.45, 2.75) is 45.6 Å². The molecule has 40 heavy (non-hydrogen) atoms. The van der Waals surface area contributed by atoms with Gasteiger partial charge in [0.1, 0.15) is 0 Å². The van der Waals surface area contributed by atoms with E-state index in [0.717, 1.165) is 75.2 Å². The van der Waals surface area contributed by atoms with Crippen LogP contribution in [-0.2, 0) is 32.6 Å². The Kier molecular flexibility index (Phi) is 12.6. The Morgan fingerprint density at radius 3 is 2.05 bits per heavy atom. The molecule has 3 N–H and O–H groups in total. The fraction of sp³-hybridized carbons (Fsp3) is 0.333. The van der Waals surface area contributed by atoms with Gasteiger partial charge in [0.2, 0.25) is 0 Å². The Balaban J connectivity index is 1.25. The van der Waals surface area contributed by atoms with E-state index in [2.05, 4.69) is 80.2 Å². The topological polar surface area (TPSA) is 65.1 Å². The smallest absolute Gasteiger partial charge is 0.0541 e. The lowest BCUT2D eigenvalue weighted by molar-refractivity contribution is 0.195. The number of pyridine rings is 2. The van der Waals surface area contributed by atoms with Gasteiger partial charge in [-0.25, -0.2) is 0 Å². The van der Waals surface area contributed by atoms with Crippen LogP contribution in [0.25, 0.3) is 0 Å². The zero-order valence-corrected chi connectivity index (χ0v) is 24.2. The second-order valence-electron chi connectivity index (χ2n) is 10.1. The molecule has 4 aromatic rings. The number of nitrogens with zero attached hydrogens (tertiary/aromatic N) is 3. The Bertz CT molecular complexity index is 1240. The highest BCUT2D eigenvalue weighted by atomic mass is 35.5. The summed E-state index contributed by atoms with van der Waals surface area (Å²) in [6.45, 7) is 9.27. The van der Waals surface area contributed by atoms with Crippen molar-refractivity contribution in [1.29, 1.82) is 0 Å². The lowest BCUT2D eigenvalue weighted by Gasteiger charge is -2.30. The van der Waals surface area contributed by atoms with E-state index >= 15 is 0 Å². The van der Waals surface area contributed by atoms with Gasteiger partial charge in [0.15, 0.2) is 0 Å². The summed E-state index contributed by atoms with van der Waals surface area (Å²) in [6.07, 6.45) is 4.66. The molecule has 2 aromatic carbocycles. The average molecular weight is 557 g/mol. The highest BCUT2D eigenvalue weighted by molar-refractivity contribution is 6.30. The van der Waals surface area contributed by atoms with E-state index in [-0.39, 0.29) is 0 Å². The van der Waals surface area contributed by atoms with Gasteiger partial charge in [0.25, 0.3) is 0 Å². The molecule has 0 fully saturated rings. The zero-order valence-electron chi connectivity index (χ0n) is 23.4. The molecule has 2 heterocycles. The number of hydrogen-bond acceptors (Lipinski definition) is 6. The quantitative estimate of drug-likeness (QED) is 0.155. The number of benzene rings is 2. The Morgan fingerprint density at radius 1 is 0.700 bits per heavy atom. The summed E-state index contributed by atoms with van der Waals surface area (Å²) in [7, 11) is 0. The molecular formula is C33H41ClN6. The molecular weight excluding hydrogens is 516 g/mol. The van der Waals surface area contributed by atoms with Gasteiger partial charge in [0, 0.05) is 69.3 Å². The second-order valence-corrected chi connectivity index (χ2v) is 10.6. The van der Waals surface area contributed by atoms with Crippen LogP contribution in [0.2, 0.25) is 5.02 Å². The molecule has 0 spiro atoms. The van der Waals surface area contributed by atoms with Gasteiger partial charge < -0.3 is 16.0 Å². The van der Waals surface area contributed by atoms with Crippen molar-refractivity contribution in [1.82, 2.24) is 30.8 Å². The highest BCUT2D eigenvalue weighted by Crippen LogP contribution is 2.12. The third-order valence-corrected chi connectivity index (χ3v) is 7.16. The fourth-order valence-electron chi connectivity index (χ4n) is 4.59. The summed E-state index contributed by atoms with van der Waals surface area (Å²) in [5, 5.41) is 11.5. The van der Waals surface area contributed by atoms with Crippen LogP contribution >= 0.6 is 11.6 Å². The maximum Gasteiger partial charge on any atom is 0.0541 e. The molecule has 2 aromatic heterocycles. The minimum Gasteiger partial charge on any atom is -0.312 e. The summed E-state index contributed by atoms with van der Waals surface area (Å²) < 4.78 is 0. The number of aromatic nitrogens is 2. The molecule has 0 amide bonds. The summed E-state index contributed by atoms with van der Waals surface area (Å²) in [6, 6.07) is 29.5. The first-order valence-electron chi connectivity index (χ1n) is 14.1. The Morgan fingerprint density at radius 2 is 1.38 bits per heavy atom. The molecule has 0 aliphatic heterocycles. The van der Waals surface area contributed by atoms with Crippen LogP contribution in [0.15, 0.2) is 97.3 Å². The van der Waals surface area contributed by atoms with Crippen LogP contribution < -0.4 is 16.0 Å². The zero-order chi connectivity index (χ0) is 27.8. The van der Waals surface area contributed by atoms with Crippen molar-refractivity contribution in [3.63, 3.8) is 0 Å². The predicted octanol–water partition coefficient (Wildman–Crippen LogP) is 5.23. The minimum absolute atomic E-state index is 0.369. The summed E-state index contributed by atoms with van der Waals surface area (Å²) >= 11 is 6.10. The maximum atomic E-state index is 6.10. The lowest BCUT2D eigenvalue weighted by Crippen LogP contribution is -2.43. The Hall–Kier alpha value is -3.13. The normalized spacial score (nSPS) is 12.1. The van der Waals surface area contributed by atoms with Crippen molar-refractivity contribution in [3.8, 4) is 0 Å². The van der Waals surface area contributed by atoms with Crippen molar-refractivity contribution >= 4 is 11.6 Å². The first-order valence-corrected chi connectivity index (χ1v) is 14.5. The SMILES string of the molecule is CC(CNCc1ccccn1)N(CCNCc1ccccn1)Cc1ccc(CNCCc2cccc(Cl)c2)cc1. The fourth-order valence-corrected chi connectivity index (χ4v) is 4.81. The molecule has 1 atom stereocenters. The van der Waals surface area contributed by atoms with Gasteiger partial charge >= 0.3 is 0 Å². The minimum atomic E-state index is 0.369. The first-order chi connectivity index (χ1) is 19.7. The van der Waals surface area contributed by atoms with Crippen molar-refractivity contribution in [2.24, 2.45) is 0 Å². The van der Waals surface area contributed by atoms with Gasteiger partial charge in [-0.2, -0.15) is 0 Å². The molecule has 0 saturated heterocycles. The van der Waals surface area contributed by atoms with E-state index in [1.165, 1.54) is 16.7 Å². The largest absolute Gasteiger partial charge is 0.312 e. The molecule has 6 nitrogen and oxygen atoms in total. The molecule has 210 valence electrons. The van der Waals surface area contributed by atoms with Crippen LogP contribution in [0.4, 0.5) is 0 Å². The summed E-state index contributed by atoms with van der Waals surface area (Å²) in [5.74, 6) is 0. The number of rotatable bonds is 17. The molecule has 0 bridgehead atoms. The monoisotopic (exact) mass is 556 g/mol. The van der Waals surface area contributed by atoms with E-state index < -0.39 is 0 Å². The van der Waals surface area contributed by atoms with Gasteiger partial charge in [-0.05, 0) is 73.0 Å². The van der Waals surface area contributed by atoms with Crippen LogP contribution in [0.5, 0.6) is 0 Å². The lowest BCUT2D eigenvalue weighted by atomic mass is 10.1. The molecule has 7 heteroatoms. The average Bonchev–Trinajstić information content (AvgIpc) is 2.99. The molecule has 0 aliphatic carbocycles. The highest BCUT2D eigenvalue weighted by Gasteiger charge is 2.14. The van der Waals surface area contributed by atoms with E-state index in [1.54, 1.807) is 0 Å². The first kappa shape index (κ1) is 29.8. The third kappa shape index (κ3) is 10.8. The van der Waals surface area contributed by atoms with Crippen LogP contribution in [0.3, 0.4) is 0 Å². The van der Waals surface area contributed by atoms with Gasteiger partial charge in [-0.15, -0.1) is 0 Å². The molecule has 4 rings (SSSR count). The summed E-state index contributed by atoms with van der Waals surface area (Å²) in [5.41, 5.74) is 6.01.